The fourth-order valence-corrected chi connectivity index (χ4v) is 5.35. The number of benzene rings is 2. The van der Waals surface area contributed by atoms with Crippen molar-refractivity contribution in [1.29, 1.82) is 0 Å². The van der Waals surface area contributed by atoms with Crippen molar-refractivity contribution in [1.82, 2.24) is 10.3 Å². The molecule has 2 atom stereocenters. The number of nitrogens with zero attached hydrogens (tertiary/aromatic N) is 2. The van der Waals surface area contributed by atoms with Crippen molar-refractivity contribution in [3.8, 4) is 11.5 Å². The van der Waals surface area contributed by atoms with E-state index in [0.717, 1.165) is 32.9 Å². The predicted molar refractivity (Wildman–Crippen MR) is 135 cm³/mol. The van der Waals surface area contributed by atoms with Crippen LogP contribution in [0.1, 0.15) is 29.1 Å². The molecule has 1 fully saturated rings. The van der Waals surface area contributed by atoms with Crippen LogP contribution in [0.25, 0.3) is 0 Å². The molecule has 4 heterocycles. The Morgan fingerprint density at radius 2 is 1.85 bits per heavy atom. The quantitative estimate of drug-likeness (QED) is 0.342. The molecule has 34 heavy (non-hydrogen) atoms. The second kappa shape index (κ2) is 8.70. The van der Waals surface area contributed by atoms with Gasteiger partial charge in [-0.1, -0.05) is 35.5 Å². The molecule has 0 saturated carbocycles. The van der Waals surface area contributed by atoms with Crippen LogP contribution in [0.4, 0.5) is 5.69 Å². The summed E-state index contributed by atoms with van der Waals surface area (Å²) in [6.45, 7) is 2.30. The molecule has 4 aromatic rings. The normalized spacial score (nSPS) is 18.9. The highest BCUT2D eigenvalue weighted by molar-refractivity contribution is 7.99. The third kappa shape index (κ3) is 3.89. The van der Waals surface area contributed by atoms with Gasteiger partial charge in [0.25, 0.3) is 0 Å². The first kappa shape index (κ1) is 21.1. The summed E-state index contributed by atoms with van der Waals surface area (Å²) in [5, 5.41) is 4.88. The van der Waals surface area contributed by atoms with Crippen LogP contribution in [0, 0.1) is 6.92 Å². The van der Waals surface area contributed by atoms with Crippen molar-refractivity contribution in [2.24, 2.45) is 0 Å². The Balaban J connectivity index is 1.38. The van der Waals surface area contributed by atoms with Gasteiger partial charge < -0.3 is 24.1 Å². The van der Waals surface area contributed by atoms with E-state index in [0.29, 0.717) is 10.9 Å². The Kier molecular flexibility index (Phi) is 5.39. The van der Waals surface area contributed by atoms with Gasteiger partial charge in [0.1, 0.15) is 11.8 Å². The van der Waals surface area contributed by atoms with Crippen LogP contribution in [-0.4, -0.2) is 16.9 Å². The molecule has 2 aromatic heterocycles. The van der Waals surface area contributed by atoms with Crippen molar-refractivity contribution in [3.05, 3.63) is 96.0 Å². The van der Waals surface area contributed by atoms with Crippen LogP contribution in [0.3, 0.4) is 0 Å². The highest BCUT2D eigenvalue weighted by atomic mass is 32.2. The lowest BCUT2D eigenvalue weighted by molar-refractivity contribution is 0.174. The average molecular weight is 488 g/mol. The number of pyridine rings is 1. The highest BCUT2D eigenvalue weighted by Crippen LogP contribution is 2.45. The number of ether oxygens (including phenoxy) is 2. The van der Waals surface area contributed by atoms with Crippen molar-refractivity contribution >= 4 is 34.8 Å². The third-order valence-corrected chi connectivity index (χ3v) is 7.11. The van der Waals surface area contributed by atoms with Gasteiger partial charge in [-0.3, -0.25) is 4.98 Å². The minimum Gasteiger partial charge on any atom is -0.454 e. The molecule has 0 bridgehead atoms. The first-order valence-electron chi connectivity index (χ1n) is 10.9. The lowest BCUT2D eigenvalue weighted by Gasteiger charge is -2.26. The smallest absolute Gasteiger partial charge is 0.231 e. The first-order chi connectivity index (χ1) is 16.7. The maximum atomic E-state index is 6.38. The Morgan fingerprint density at radius 3 is 2.68 bits per heavy atom. The molecule has 2 aliphatic heterocycles. The summed E-state index contributed by atoms with van der Waals surface area (Å²) >= 11 is 7.39. The number of hydrogen-bond acceptors (Lipinski definition) is 6. The van der Waals surface area contributed by atoms with Crippen LogP contribution in [0.2, 0.25) is 0 Å². The number of rotatable bonds is 5. The summed E-state index contributed by atoms with van der Waals surface area (Å²) in [4.78, 5) is 7.79. The molecule has 1 N–H and O–H groups in total. The molecule has 170 valence electrons. The minimum absolute atomic E-state index is 0.178. The zero-order valence-corrected chi connectivity index (χ0v) is 19.9. The minimum atomic E-state index is -0.227. The van der Waals surface area contributed by atoms with E-state index in [-0.39, 0.29) is 18.9 Å². The molecular weight excluding hydrogens is 466 g/mol. The molecule has 0 spiro atoms. The fourth-order valence-electron chi connectivity index (χ4n) is 4.23. The van der Waals surface area contributed by atoms with E-state index in [9.17, 15) is 0 Å². The second-order valence-corrected chi connectivity index (χ2v) is 9.57. The van der Waals surface area contributed by atoms with E-state index in [4.69, 9.17) is 26.1 Å². The molecule has 0 aliphatic carbocycles. The van der Waals surface area contributed by atoms with E-state index in [1.165, 1.54) is 5.56 Å². The molecule has 2 aromatic carbocycles. The zero-order valence-electron chi connectivity index (χ0n) is 18.3. The maximum Gasteiger partial charge on any atom is 0.231 e. The van der Waals surface area contributed by atoms with Gasteiger partial charge in [-0.05, 0) is 67.7 Å². The summed E-state index contributed by atoms with van der Waals surface area (Å²) in [5.41, 5.74) is 3.02. The molecule has 0 amide bonds. The maximum absolute atomic E-state index is 6.38. The predicted octanol–water partition coefficient (Wildman–Crippen LogP) is 6.04. The van der Waals surface area contributed by atoms with Crippen LogP contribution in [0.5, 0.6) is 11.5 Å². The largest absolute Gasteiger partial charge is 0.454 e. The summed E-state index contributed by atoms with van der Waals surface area (Å²) in [5.74, 6) is 2.24. The number of furan rings is 1. The monoisotopic (exact) mass is 487 g/mol. The number of fused-ring (bicyclic) bond motifs is 1. The van der Waals surface area contributed by atoms with Crippen molar-refractivity contribution in [2.75, 3.05) is 11.7 Å². The van der Waals surface area contributed by atoms with E-state index in [1.807, 2.05) is 48.5 Å². The molecule has 6 nitrogen and oxygen atoms in total. The van der Waals surface area contributed by atoms with Gasteiger partial charge in [-0.15, -0.1) is 0 Å². The van der Waals surface area contributed by atoms with Crippen LogP contribution < -0.4 is 19.7 Å². The Labute approximate surface area is 206 Å². The number of nitrogens with one attached hydrogen (secondary N) is 1. The van der Waals surface area contributed by atoms with Gasteiger partial charge in [-0.25, -0.2) is 0 Å². The number of thiocarbonyl (C=S) groups is 1. The van der Waals surface area contributed by atoms with E-state index in [1.54, 1.807) is 18.0 Å². The van der Waals surface area contributed by atoms with Gasteiger partial charge >= 0.3 is 0 Å². The first-order valence-corrected chi connectivity index (χ1v) is 12.1. The average Bonchev–Trinajstić information content (AvgIpc) is 3.59. The number of anilines is 1. The second-order valence-electron chi connectivity index (χ2n) is 8.11. The van der Waals surface area contributed by atoms with E-state index < -0.39 is 0 Å². The lowest BCUT2D eigenvalue weighted by Crippen LogP contribution is -2.29. The summed E-state index contributed by atoms with van der Waals surface area (Å²) < 4.78 is 17.5. The fraction of sp³-hybridized carbons (Fsp3) is 0.154. The standard InChI is InChI=1S/C26H21N3O3S2/c1-16-5-8-18(9-6-16)34-23-12-11-21(32-23)25-24(19-4-2-3-13-27-19)28-26(33)29(25)17-7-10-20-22(14-17)31-15-30-20/h2-14,24-25H,15H2,1H3,(H,28,33)/t24-,25-/m1/s1. The van der Waals surface area contributed by atoms with Gasteiger partial charge in [0.2, 0.25) is 6.79 Å². The van der Waals surface area contributed by atoms with Crippen molar-refractivity contribution in [2.45, 2.75) is 29.0 Å². The molecular formula is C26H21N3O3S2. The molecule has 8 heteroatoms. The molecule has 1 saturated heterocycles. The SMILES string of the molecule is Cc1ccc(Sc2ccc([C@@H]3[C@@H](c4ccccn4)NC(=S)N3c3ccc4c(c3)OCO4)o2)cc1. The summed E-state index contributed by atoms with van der Waals surface area (Å²) in [6.07, 6.45) is 1.79. The van der Waals surface area contributed by atoms with Gasteiger partial charge in [0, 0.05) is 22.8 Å². The number of aryl methyl sites for hydroxylation is 1. The number of aromatic nitrogens is 1. The van der Waals surface area contributed by atoms with Gasteiger partial charge in [0.15, 0.2) is 21.7 Å². The molecule has 2 aliphatic rings. The van der Waals surface area contributed by atoms with Crippen LogP contribution >= 0.6 is 24.0 Å². The summed E-state index contributed by atoms with van der Waals surface area (Å²) in [6, 6.07) is 23.8. The van der Waals surface area contributed by atoms with Crippen LogP contribution in [0.15, 0.2) is 93.4 Å². The van der Waals surface area contributed by atoms with Gasteiger partial charge in [-0.2, -0.15) is 0 Å². The third-order valence-electron chi connectivity index (χ3n) is 5.87. The Bertz CT molecular complexity index is 1340. The number of hydrogen-bond donors (Lipinski definition) is 1. The van der Waals surface area contributed by atoms with Crippen molar-refractivity contribution < 1.29 is 13.9 Å². The lowest BCUT2D eigenvalue weighted by atomic mass is 10.0. The van der Waals surface area contributed by atoms with E-state index in [2.05, 4.69) is 46.4 Å². The zero-order chi connectivity index (χ0) is 23.1. The highest BCUT2D eigenvalue weighted by Gasteiger charge is 2.43. The van der Waals surface area contributed by atoms with E-state index >= 15 is 0 Å². The summed E-state index contributed by atoms with van der Waals surface area (Å²) in [7, 11) is 0. The Hall–Kier alpha value is -3.49. The topological polar surface area (TPSA) is 59.8 Å². The van der Waals surface area contributed by atoms with Crippen molar-refractivity contribution in [3.63, 3.8) is 0 Å². The molecule has 6 rings (SSSR count). The molecule has 0 unspecified atom stereocenters. The Morgan fingerprint density at radius 1 is 1.00 bits per heavy atom. The van der Waals surface area contributed by atoms with Gasteiger partial charge in [0.05, 0.1) is 11.7 Å². The molecule has 0 radical (unpaired) electrons. The van der Waals surface area contributed by atoms with Crippen LogP contribution in [-0.2, 0) is 0 Å².